The molecule has 0 fully saturated rings. The third-order valence-corrected chi connectivity index (χ3v) is 2.99. The second-order valence-electron chi connectivity index (χ2n) is 4.19. The normalized spacial score (nSPS) is 10.6. The van der Waals surface area contributed by atoms with Gasteiger partial charge in [0.25, 0.3) is 0 Å². The lowest BCUT2D eigenvalue weighted by Gasteiger charge is -2.06. The van der Waals surface area contributed by atoms with E-state index in [1.807, 2.05) is 31.3 Å². The van der Waals surface area contributed by atoms with E-state index in [1.165, 1.54) is 0 Å². The van der Waals surface area contributed by atoms with Crippen LogP contribution in [0.3, 0.4) is 0 Å². The van der Waals surface area contributed by atoms with E-state index >= 15 is 0 Å². The van der Waals surface area contributed by atoms with Crippen LogP contribution in [0.15, 0.2) is 36.5 Å². The van der Waals surface area contributed by atoms with Crippen molar-refractivity contribution in [1.29, 1.82) is 0 Å². The van der Waals surface area contributed by atoms with Crippen LogP contribution in [0.25, 0.3) is 0 Å². The zero-order valence-electron chi connectivity index (χ0n) is 10.1. The lowest BCUT2D eigenvalue weighted by atomic mass is 10.2. The zero-order chi connectivity index (χ0) is 13.0. The maximum atomic E-state index is 5.94. The molecule has 1 aromatic heterocycles. The van der Waals surface area contributed by atoms with Crippen molar-refractivity contribution in [3.8, 4) is 0 Å². The highest BCUT2D eigenvalue weighted by Crippen LogP contribution is 2.18. The number of nitrogens with one attached hydrogen (secondary N) is 1. The van der Waals surface area contributed by atoms with Crippen molar-refractivity contribution >= 4 is 23.2 Å². The second-order valence-corrected chi connectivity index (χ2v) is 5.06. The molecule has 0 aliphatic heterocycles. The Bertz CT molecular complexity index is 504. The van der Waals surface area contributed by atoms with Crippen LogP contribution in [0.4, 0.5) is 0 Å². The summed E-state index contributed by atoms with van der Waals surface area (Å²) in [6.07, 6.45) is 1.88. The predicted octanol–water partition coefficient (Wildman–Crippen LogP) is 3.99. The van der Waals surface area contributed by atoms with Gasteiger partial charge >= 0.3 is 0 Å². The fourth-order valence-corrected chi connectivity index (χ4v) is 2.24. The highest BCUT2D eigenvalue weighted by molar-refractivity contribution is 6.34. The Labute approximate surface area is 117 Å². The molecule has 4 heteroatoms. The molecule has 0 radical (unpaired) electrons. The molecular weight excluding hydrogens is 267 g/mol. The van der Waals surface area contributed by atoms with Gasteiger partial charge in [-0.15, -0.1) is 0 Å². The van der Waals surface area contributed by atoms with Gasteiger partial charge < -0.3 is 5.32 Å². The molecule has 0 aliphatic rings. The van der Waals surface area contributed by atoms with Gasteiger partial charge in [-0.3, -0.25) is 4.98 Å². The van der Waals surface area contributed by atoms with E-state index in [2.05, 4.69) is 16.4 Å². The molecule has 0 spiro atoms. The Morgan fingerprint density at radius 2 is 1.67 bits per heavy atom. The largest absolute Gasteiger partial charge is 0.309 e. The lowest BCUT2D eigenvalue weighted by Crippen LogP contribution is -2.12. The van der Waals surface area contributed by atoms with Gasteiger partial charge in [-0.05, 0) is 42.3 Å². The summed E-state index contributed by atoms with van der Waals surface area (Å²) in [6, 6.07) is 9.63. The summed E-state index contributed by atoms with van der Waals surface area (Å²) < 4.78 is 0. The minimum absolute atomic E-state index is 0.663. The highest BCUT2D eigenvalue weighted by atomic mass is 35.5. The van der Waals surface area contributed by atoms with E-state index < -0.39 is 0 Å². The first-order valence-electron chi connectivity index (χ1n) is 5.71. The standard InChI is InChI=1S/C14H14Cl2N2/c1-10-2-3-11(9-18-10)7-17-8-12-4-13(15)6-14(16)5-12/h2-6,9,17H,7-8H2,1H3. The van der Waals surface area contributed by atoms with E-state index in [4.69, 9.17) is 23.2 Å². The van der Waals surface area contributed by atoms with Gasteiger partial charge in [-0.1, -0.05) is 29.3 Å². The summed E-state index contributed by atoms with van der Waals surface area (Å²) in [5, 5.41) is 4.66. The molecule has 0 atom stereocenters. The SMILES string of the molecule is Cc1ccc(CNCc2cc(Cl)cc(Cl)c2)cn1. The van der Waals surface area contributed by atoms with Crippen LogP contribution in [0.5, 0.6) is 0 Å². The maximum absolute atomic E-state index is 5.94. The van der Waals surface area contributed by atoms with Crippen LogP contribution in [0.1, 0.15) is 16.8 Å². The van der Waals surface area contributed by atoms with Crippen molar-refractivity contribution in [3.05, 3.63) is 63.4 Å². The quantitative estimate of drug-likeness (QED) is 0.916. The number of hydrogen-bond acceptors (Lipinski definition) is 2. The molecule has 2 nitrogen and oxygen atoms in total. The minimum Gasteiger partial charge on any atom is -0.309 e. The third-order valence-electron chi connectivity index (χ3n) is 2.55. The van der Waals surface area contributed by atoms with Crippen LogP contribution in [-0.4, -0.2) is 4.98 Å². The fraction of sp³-hybridized carbons (Fsp3) is 0.214. The molecule has 1 aromatic carbocycles. The van der Waals surface area contributed by atoms with E-state index in [-0.39, 0.29) is 0 Å². The predicted molar refractivity (Wildman–Crippen MR) is 76.0 cm³/mol. The summed E-state index contributed by atoms with van der Waals surface area (Å²) in [4.78, 5) is 4.25. The number of nitrogens with zero attached hydrogens (tertiary/aromatic N) is 1. The van der Waals surface area contributed by atoms with E-state index in [0.717, 1.165) is 29.9 Å². The van der Waals surface area contributed by atoms with Gasteiger partial charge in [0, 0.05) is 35.0 Å². The molecule has 1 N–H and O–H groups in total. The highest BCUT2D eigenvalue weighted by Gasteiger charge is 1.99. The Morgan fingerprint density at radius 3 is 2.28 bits per heavy atom. The number of aryl methyl sites for hydroxylation is 1. The maximum Gasteiger partial charge on any atom is 0.0424 e. The Hall–Kier alpha value is -1.09. The molecule has 0 saturated heterocycles. The molecule has 0 saturated carbocycles. The number of pyridine rings is 1. The van der Waals surface area contributed by atoms with Crippen LogP contribution in [-0.2, 0) is 13.1 Å². The van der Waals surface area contributed by atoms with Gasteiger partial charge in [0.05, 0.1) is 0 Å². The number of rotatable bonds is 4. The first kappa shape index (κ1) is 13.3. The van der Waals surface area contributed by atoms with Crippen molar-refractivity contribution in [1.82, 2.24) is 10.3 Å². The van der Waals surface area contributed by atoms with Gasteiger partial charge in [0.15, 0.2) is 0 Å². The van der Waals surface area contributed by atoms with Gasteiger partial charge in [0.1, 0.15) is 0 Å². The smallest absolute Gasteiger partial charge is 0.0424 e. The van der Waals surface area contributed by atoms with Crippen molar-refractivity contribution in [2.24, 2.45) is 0 Å². The van der Waals surface area contributed by atoms with E-state index in [9.17, 15) is 0 Å². The molecule has 2 aromatic rings. The Morgan fingerprint density at radius 1 is 1.00 bits per heavy atom. The number of halogens is 2. The number of aromatic nitrogens is 1. The summed E-state index contributed by atoms with van der Waals surface area (Å²) >= 11 is 11.9. The van der Waals surface area contributed by atoms with Crippen LogP contribution in [0.2, 0.25) is 10.0 Å². The van der Waals surface area contributed by atoms with Crippen LogP contribution in [0, 0.1) is 6.92 Å². The molecule has 94 valence electrons. The van der Waals surface area contributed by atoms with Crippen molar-refractivity contribution in [2.45, 2.75) is 20.0 Å². The zero-order valence-corrected chi connectivity index (χ0v) is 11.6. The Kier molecular flexibility index (Phi) is 4.59. The van der Waals surface area contributed by atoms with Gasteiger partial charge in [-0.2, -0.15) is 0 Å². The van der Waals surface area contributed by atoms with Crippen molar-refractivity contribution in [2.75, 3.05) is 0 Å². The summed E-state index contributed by atoms with van der Waals surface area (Å²) in [6.45, 7) is 3.48. The van der Waals surface area contributed by atoms with Crippen LogP contribution >= 0.6 is 23.2 Å². The van der Waals surface area contributed by atoms with Crippen molar-refractivity contribution < 1.29 is 0 Å². The number of hydrogen-bond donors (Lipinski definition) is 1. The van der Waals surface area contributed by atoms with E-state index in [0.29, 0.717) is 10.0 Å². The van der Waals surface area contributed by atoms with Gasteiger partial charge in [-0.25, -0.2) is 0 Å². The first-order valence-corrected chi connectivity index (χ1v) is 6.46. The van der Waals surface area contributed by atoms with E-state index in [1.54, 1.807) is 6.07 Å². The topological polar surface area (TPSA) is 24.9 Å². The third kappa shape index (κ3) is 3.98. The molecule has 1 heterocycles. The summed E-state index contributed by atoms with van der Waals surface area (Å²) in [5.74, 6) is 0. The second kappa shape index (κ2) is 6.19. The molecule has 18 heavy (non-hydrogen) atoms. The molecule has 0 amide bonds. The lowest BCUT2D eigenvalue weighted by molar-refractivity contribution is 0.691. The molecule has 0 aliphatic carbocycles. The molecular formula is C14H14Cl2N2. The molecule has 0 bridgehead atoms. The average molecular weight is 281 g/mol. The molecule has 2 rings (SSSR count). The van der Waals surface area contributed by atoms with Gasteiger partial charge in [0.2, 0.25) is 0 Å². The first-order chi connectivity index (χ1) is 8.63. The van der Waals surface area contributed by atoms with Crippen LogP contribution < -0.4 is 5.32 Å². The summed E-state index contributed by atoms with van der Waals surface area (Å²) in [7, 11) is 0. The average Bonchev–Trinajstić information content (AvgIpc) is 2.30. The fourth-order valence-electron chi connectivity index (χ4n) is 1.67. The Balaban J connectivity index is 1.90. The number of benzene rings is 1. The molecule has 0 unspecified atom stereocenters. The minimum atomic E-state index is 0.663. The monoisotopic (exact) mass is 280 g/mol. The summed E-state index contributed by atoms with van der Waals surface area (Å²) in [5.41, 5.74) is 3.27. The van der Waals surface area contributed by atoms with Crippen molar-refractivity contribution in [3.63, 3.8) is 0 Å².